The maximum atomic E-state index is 5.98. The molecule has 0 fully saturated rings. The van der Waals surface area contributed by atoms with Gasteiger partial charge in [0.25, 0.3) is 0 Å². The summed E-state index contributed by atoms with van der Waals surface area (Å²) in [5.74, 6) is 2.75. The Kier molecular flexibility index (Phi) is 5.68. The van der Waals surface area contributed by atoms with Crippen LogP contribution < -0.4 is 10.1 Å². The highest BCUT2D eigenvalue weighted by molar-refractivity contribution is 9.10. The predicted octanol–water partition coefficient (Wildman–Crippen LogP) is 5.51. The van der Waals surface area contributed by atoms with Gasteiger partial charge in [-0.3, -0.25) is 0 Å². The predicted molar refractivity (Wildman–Crippen MR) is 112 cm³/mol. The van der Waals surface area contributed by atoms with Gasteiger partial charge in [0.15, 0.2) is 22.6 Å². The lowest BCUT2D eigenvalue weighted by Gasteiger charge is -2.11. The molecule has 0 unspecified atom stereocenters. The fourth-order valence-electron chi connectivity index (χ4n) is 2.54. The van der Waals surface area contributed by atoms with Gasteiger partial charge in [-0.2, -0.15) is 0 Å². The SMILES string of the molecule is Cc1cnc(Cc2cnc(Nc3ncc(Br)cc3OCc3ccccc3)s2)o1. The van der Waals surface area contributed by atoms with Crippen molar-refractivity contribution in [3.63, 3.8) is 0 Å². The Morgan fingerprint density at radius 3 is 2.75 bits per heavy atom. The zero-order valence-corrected chi connectivity index (χ0v) is 17.5. The van der Waals surface area contributed by atoms with E-state index in [0.717, 1.165) is 25.8 Å². The first-order chi connectivity index (χ1) is 13.7. The van der Waals surface area contributed by atoms with Crippen molar-refractivity contribution in [1.82, 2.24) is 15.0 Å². The van der Waals surface area contributed by atoms with Crippen molar-refractivity contribution in [2.45, 2.75) is 20.0 Å². The maximum Gasteiger partial charge on any atom is 0.199 e. The van der Waals surface area contributed by atoms with Crippen molar-refractivity contribution >= 4 is 38.2 Å². The average molecular weight is 457 g/mol. The van der Waals surface area contributed by atoms with Gasteiger partial charge in [-0.05, 0) is 34.5 Å². The van der Waals surface area contributed by atoms with Gasteiger partial charge in [0.05, 0.1) is 12.6 Å². The maximum absolute atomic E-state index is 5.98. The summed E-state index contributed by atoms with van der Waals surface area (Å²) in [7, 11) is 0. The van der Waals surface area contributed by atoms with Crippen LogP contribution >= 0.6 is 27.3 Å². The minimum Gasteiger partial charge on any atom is -0.485 e. The molecule has 0 spiro atoms. The van der Waals surface area contributed by atoms with E-state index < -0.39 is 0 Å². The first kappa shape index (κ1) is 18.6. The lowest BCUT2D eigenvalue weighted by Crippen LogP contribution is -2.01. The number of rotatable bonds is 7. The largest absolute Gasteiger partial charge is 0.485 e. The van der Waals surface area contributed by atoms with Crippen LogP contribution in [0.2, 0.25) is 0 Å². The number of aryl methyl sites for hydroxylation is 1. The standard InChI is InChI=1S/C20H17BrN4O2S/c1-13-9-22-18(27-13)8-16-11-24-20(28-16)25-19-17(7-15(21)10-23-19)26-12-14-5-3-2-4-6-14/h2-7,9-11H,8,12H2,1H3,(H,23,24,25). The molecule has 28 heavy (non-hydrogen) atoms. The Balaban J connectivity index is 1.47. The van der Waals surface area contributed by atoms with Crippen LogP contribution in [-0.2, 0) is 13.0 Å². The lowest BCUT2D eigenvalue weighted by molar-refractivity contribution is 0.306. The van der Waals surface area contributed by atoms with Gasteiger partial charge in [0.1, 0.15) is 12.4 Å². The first-order valence-electron chi connectivity index (χ1n) is 8.61. The van der Waals surface area contributed by atoms with Crippen LogP contribution in [0.3, 0.4) is 0 Å². The number of oxazole rings is 1. The van der Waals surface area contributed by atoms with E-state index in [1.165, 1.54) is 11.3 Å². The summed E-state index contributed by atoms with van der Waals surface area (Å²) in [6.45, 7) is 2.34. The Hall–Kier alpha value is -2.71. The molecule has 0 aliphatic heterocycles. The van der Waals surface area contributed by atoms with Crippen LogP contribution in [0.15, 0.2) is 63.9 Å². The van der Waals surface area contributed by atoms with Crippen molar-refractivity contribution in [3.8, 4) is 5.75 Å². The van der Waals surface area contributed by atoms with Crippen molar-refractivity contribution in [3.05, 3.63) is 81.6 Å². The molecule has 142 valence electrons. The summed E-state index contributed by atoms with van der Waals surface area (Å²) < 4.78 is 12.4. The highest BCUT2D eigenvalue weighted by Gasteiger charge is 2.11. The van der Waals surface area contributed by atoms with E-state index in [0.29, 0.717) is 30.5 Å². The average Bonchev–Trinajstić information content (AvgIpc) is 3.31. The second-order valence-corrected chi connectivity index (χ2v) is 8.10. The van der Waals surface area contributed by atoms with Crippen molar-refractivity contribution in [2.24, 2.45) is 0 Å². The number of thiazole rings is 1. The van der Waals surface area contributed by atoms with Crippen LogP contribution in [0, 0.1) is 6.92 Å². The summed E-state index contributed by atoms with van der Waals surface area (Å²) in [6, 6.07) is 11.9. The molecule has 6 nitrogen and oxygen atoms in total. The summed E-state index contributed by atoms with van der Waals surface area (Å²) in [5.41, 5.74) is 1.09. The fourth-order valence-corrected chi connectivity index (χ4v) is 3.65. The number of ether oxygens (including phenoxy) is 1. The monoisotopic (exact) mass is 456 g/mol. The molecule has 8 heteroatoms. The number of nitrogens with zero attached hydrogens (tertiary/aromatic N) is 3. The van der Waals surface area contributed by atoms with E-state index >= 15 is 0 Å². The number of halogens is 1. The number of aromatic nitrogens is 3. The second kappa shape index (κ2) is 8.53. The highest BCUT2D eigenvalue weighted by atomic mass is 79.9. The molecule has 1 N–H and O–H groups in total. The van der Waals surface area contributed by atoms with Crippen LogP contribution in [0.4, 0.5) is 10.9 Å². The van der Waals surface area contributed by atoms with E-state index in [1.807, 2.05) is 49.5 Å². The minimum absolute atomic E-state index is 0.459. The number of benzene rings is 1. The quantitative estimate of drug-likeness (QED) is 0.395. The van der Waals surface area contributed by atoms with Crippen LogP contribution in [0.1, 0.15) is 22.1 Å². The van der Waals surface area contributed by atoms with Gasteiger partial charge in [-0.1, -0.05) is 30.3 Å². The van der Waals surface area contributed by atoms with Gasteiger partial charge < -0.3 is 14.5 Å². The molecular formula is C20H17BrN4O2S. The number of hydrogen-bond acceptors (Lipinski definition) is 7. The number of anilines is 2. The molecule has 0 bridgehead atoms. The van der Waals surface area contributed by atoms with Gasteiger partial charge in [-0.25, -0.2) is 15.0 Å². The summed E-state index contributed by atoms with van der Waals surface area (Å²) in [6.07, 6.45) is 5.87. The van der Waals surface area contributed by atoms with Crippen molar-refractivity contribution in [1.29, 1.82) is 0 Å². The number of pyridine rings is 1. The third-order valence-corrected chi connectivity index (χ3v) is 5.18. The zero-order chi connectivity index (χ0) is 19.3. The smallest absolute Gasteiger partial charge is 0.199 e. The summed E-state index contributed by atoms with van der Waals surface area (Å²) in [4.78, 5) is 14.1. The molecule has 0 radical (unpaired) electrons. The molecule has 0 saturated heterocycles. The number of nitrogens with one attached hydrogen (secondary N) is 1. The van der Waals surface area contributed by atoms with Gasteiger partial charge in [0, 0.05) is 21.7 Å². The van der Waals surface area contributed by atoms with Gasteiger partial charge in [-0.15, -0.1) is 11.3 Å². The molecule has 0 saturated carbocycles. The Labute approximate surface area is 174 Å². The van der Waals surface area contributed by atoms with E-state index in [2.05, 4.69) is 36.2 Å². The second-order valence-electron chi connectivity index (χ2n) is 6.07. The van der Waals surface area contributed by atoms with Crippen LogP contribution in [-0.4, -0.2) is 15.0 Å². The molecule has 0 aliphatic rings. The molecule has 3 aromatic heterocycles. The molecule has 0 aliphatic carbocycles. The Morgan fingerprint density at radius 1 is 1.11 bits per heavy atom. The molecule has 1 aromatic carbocycles. The first-order valence-corrected chi connectivity index (χ1v) is 10.2. The van der Waals surface area contributed by atoms with Gasteiger partial charge in [0.2, 0.25) is 0 Å². The normalized spacial score (nSPS) is 10.8. The third-order valence-electron chi connectivity index (χ3n) is 3.83. The lowest BCUT2D eigenvalue weighted by atomic mass is 10.2. The molecule has 3 heterocycles. The van der Waals surface area contributed by atoms with E-state index in [1.54, 1.807) is 12.4 Å². The topological polar surface area (TPSA) is 73.1 Å². The van der Waals surface area contributed by atoms with Gasteiger partial charge >= 0.3 is 0 Å². The minimum atomic E-state index is 0.459. The molecule has 4 aromatic rings. The van der Waals surface area contributed by atoms with Crippen LogP contribution in [0.5, 0.6) is 5.75 Å². The fraction of sp³-hybridized carbons (Fsp3) is 0.150. The number of hydrogen-bond donors (Lipinski definition) is 1. The van der Waals surface area contributed by atoms with E-state index in [4.69, 9.17) is 9.15 Å². The zero-order valence-electron chi connectivity index (χ0n) is 15.1. The summed E-state index contributed by atoms with van der Waals surface area (Å²) in [5, 5.41) is 3.98. The molecule has 0 atom stereocenters. The highest BCUT2D eigenvalue weighted by Crippen LogP contribution is 2.31. The molecule has 0 amide bonds. The van der Waals surface area contributed by atoms with Crippen molar-refractivity contribution in [2.75, 3.05) is 5.32 Å². The summed E-state index contributed by atoms with van der Waals surface area (Å²) >= 11 is 4.98. The third kappa shape index (κ3) is 4.76. The molecule has 4 rings (SSSR count). The van der Waals surface area contributed by atoms with E-state index in [9.17, 15) is 0 Å². The Bertz CT molecular complexity index is 1070. The van der Waals surface area contributed by atoms with Crippen molar-refractivity contribution < 1.29 is 9.15 Å². The molecular weight excluding hydrogens is 440 g/mol. The van der Waals surface area contributed by atoms with Crippen LogP contribution in [0.25, 0.3) is 0 Å². The Morgan fingerprint density at radius 2 is 1.96 bits per heavy atom. The van der Waals surface area contributed by atoms with E-state index in [-0.39, 0.29) is 0 Å².